The number of rotatable bonds is 2. The predicted octanol–water partition coefficient (Wildman–Crippen LogP) is 2.16. The average Bonchev–Trinajstić information content (AvgIpc) is 3.09. The molecule has 2 aliphatic rings. The van der Waals surface area contributed by atoms with Crippen LogP contribution < -0.4 is 0 Å². The Morgan fingerprint density at radius 1 is 1.53 bits per heavy atom. The summed E-state index contributed by atoms with van der Waals surface area (Å²) >= 11 is 1.51. The molecule has 19 heavy (non-hydrogen) atoms. The predicted molar refractivity (Wildman–Crippen MR) is 73.6 cm³/mol. The maximum Gasteiger partial charge on any atom is 0.263 e. The van der Waals surface area contributed by atoms with Crippen LogP contribution in [-0.4, -0.2) is 49.3 Å². The summed E-state index contributed by atoms with van der Waals surface area (Å²) in [5, 5.41) is 1.95. The number of hydrogen-bond acceptors (Lipinski definition) is 4. The van der Waals surface area contributed by atoms with Gasteiger partial charge in [-0.1, -0.05) is 6.07 Å². The van der Waals surface area contributed by atoms with Crippen molar-refractivity contribution in [2.75, 3.05) is 26.8 Å². The summed E-state index contributed by atoms with van der Waals surface area (Å²) in [5.41, 5.74) is -0.0487. The summed E-state index contributed by atoms with van der Waals surface area (Å²) in [6.45, 7) is 2.26. The van der Waals surface area contributed by atoms with Gasteiger partial charge in [-0.25, -0.2) is 0 Å². The maximum absolute atomic E-state index is 12.3. The summed E-state index contributed by atoms with van der Waals surface area (Å²) in [6.07, 6.45) is 3.03. The number of ether oxygens (including phenoxy) is 2. The average molecular weight is 281 g/mol. The smallest absolute Gasteiger partial charge is 0.263 e. The standard InChI is InChI=1S/C14H19NO3S/c1-17-11-9-14(18-10-11)4-6-15(7-5-14)13(16)12-3-2-8-19-12/h2-3,8,11H,4-7,9-10H2,1H3/t11-/m1/s1. The van der Waals surface area contributed by atoms with E-state index in [0.717, 1.165) is 37.2 Å². The second-order valence-corrected chi connectivity index (χ2v) is 6.27. The molecule has 0 bridgehead atoms. The Labute approximate surface area is 117 Å². The topological polar surface area (TPSA) is 38.8 Å². The highest BCUT2D eigenvalue weighted by atomic mass is 32.1. The monoisotopic (exact) mass is 281 g/mol. The van der Waals surface area contributed by atoms with Crippen LogP contribution in [0, 0.1) is 0 Å². The van der Waals surface area contributed by atoms with Gasteiger partial charge in [0, 0.05) is 26.6 Å². The fourth-order valence-electron chi connectivity index (χ4n) is 2.98. The molecule has 1 amide bonds. The van der Waals surface area contributed by atoms with Gasteiger partial charge in [0.1, 0.15) is 0 Å². The van der Waals surface area contributed by atoms with E-state index in [4.69, 9.17) is 9.47 Å². The Hall–Kier alpha value is -0.910. The molecule has 0 aromatic carbocycles. The van der Waals surface area contributed by atoms with E-state index < -0.39 is 0 Å². The summed E-state index contributed by atoms with van der Waals surface area (Å²) in [7, 11) is 1.74. The van der Waals surface area contributed by atoms with Gasteiger partial charge in [0.05, 0.1) is 23.2 Å². The molecule has 1 spiro atoms. The zero-order chi connectivity index (χ0) is 13.3. The lowest BCUT2D eigenvalue weighted by Crippen LogP contribution is -2.46. The van der Waals surface area contributed by atoms with Crippen molar-refractivity contribution >= 4 is 17.2 Å². The van der Waals surface area contributed by atoms with Gasteiger partial charge < -0.3 is 14.4 Å². The Balaban J connectivity index is 1.59. The molecule has 3 heterocycles. The van der Waals surface area contributed by atoms with E-state index in [1.54, 1.807) is 7.11 Å². The van der Waals surface area contributed by atoms with E-state index in [-0.39, 0.29) is 17.6 Å². The normalized spacial score (nSPS) is 25.9. The number of carbonyl (C=O) groups is 1. The van der Waals surface area contributed by atoms with E-state index in [0.29, 0.717) is 6.61 Å². The minimum atomic E-state index is -0.0487. The van der Waals surface area contributed by atoms with Crippen LogP contribution in [0.4, 0.5) is 0 Å². The number of carbonyl (C=O) groups excluding carboxylic acids is 1. The first-order valence-electron chi connectivity index (χ1n) is 6.72. The highest BCUT2D eigenvalue weighted by molar-refractivity contribution is 7.12. The minimum Gasteiger partial charge on any atom is -0.379 e. The molecule has 0 radical (unpaired) electrons. The first-order valence-corrected chi connectivity index (χ1v) is 7.60. The number of amides is 1. The van der Waals surface area contributed by atoms with Gasteiger partial charge >= 0.3 is 0 Å². The lowest BCUT2D eigenvalue weighted by Gasteiger charge is -2.38. The van der Waals surface area contributed by atoms with E-state index in [1.165, 1.54) is 11.3 Å². The van der Waals surface area contributed by atoms with Gasteiger partial charge in [-0.15, -0.1) is 11.3 Å². The molecule has 104 valence electrons. The molecular weight excluding hydrogens is 262 g/mol. The first kappa shape index (κ1) is 13.1. The van der Waals surface area contributed by atoms with Crippen molar-refractivity contribution in [3.05, 3.63) is 22.4 Å². The molecule has 4 nitrogen and oxygen atoms in total. The first-order chi connectivity index (χ1) is 9.22. The summed E-state index contributed by atoms with van der Waals surface area (Å²) < 4.78 is 11.3. The number of nitrogens with zero attached hydrogens (tertiary/aromatic N) is 1. The third kappa shape index (κ3) is 2.55. The fourth-order valence-corrected chi connectivity index (χ4v) is 3.67. The number of hydrogen-bond donors (Lipinski definition) is 0. The Kier molecular flexibility index (Phi) is 3.60. The molecule has 2 saturated heterocycles. The van der Waals surface area contributed by atoms with Gasteiger partial charge in [0.2, 0.25) is 0 Å². The van der Waals surface area contributed by atoms with Crippen LogP contribution in [0.25, 0.3) is 0 Å². The molecule has 0 unspecified atom stereocenters. The van der Waals surface area contributed by atoms with Crippen molar-refractivity contribution in [1.82, 2.24) is 4.90 Å². The second kappa shape index (κ2) is 5.23. The number of methoxy groups -OCH3 is 1. The van der Waals surface area contributed by atoms with Crippen molar-refractivity contribution < 1.29 is 14.3 Å². The van der Waals surface area contributed by atoms with E-state index in [9.17, 15) is 4.79 Å². The van der Waals surface area contributed by atoms with Crippen LogP contribution in [0.15, 0.2) is 17.5 Å². The van der Waals surface area contributed by atoms with Crippen LogP contribution in [0.5, 0.6) is 0 Å². The molecule has 3 rings (SSSR count). The molecule has 0 saturated carbocycles. The SMILES string of the molecule is CO[C@H]1COC2(CCN(C(=O)c3cccs3)CC2)C1. The van der Waals surface area contributed by atoms with Crippen LogP contribution in [-0.2, 0) is 9.47 Å². The van der Waals surface area contributed by atoms with Crippen LogP contribution in [0.2, 0.25) is 0 Å². The number of piperidine rings is 1. The van der Waals surface area contributed by atoms with Gasteiger partial charge in [-0.3, -0.25) is 4.79 Å². The van der Waals surface area contributed by atoms with Crippen molar-refractivity contribution in [3.8, 4) is 0 Å². The minimum absolute atomic E-state index is 0.0487. The summed E-state index contributed by atoms with van der Waals surface area (Å²) in [6, 6.07) is 3.82. The zero-order valence-corrected chi connectivity index (χ0v) is 11.9. The lowest BCUT2D eigenvalue weighted by atomic mass is 9.88. The molecule has 2 fully saturated rings. The number of likely N-dealkylation sites (tertiary alicyclic amines) is 1. The third-order valence-corrected chi connectivity index (χ3v) is 5.06. The highest BCUT2D eigenvalue weighted by Gasteiger charge is 2.43. The third-order valence-electron chi connectivity index (χ3n) is 4.20. The van der Waals surface area contributed by atoms with Crippen LogP contribution >= 0.6 is 11.3 Å². The van der Waals surface area contributed by atoms with Crippen molar-refractivity contribution in [2.24, 2.45) is 0 Å². The highest BCUT2D eigenvalue weighted by Crippen LogP contribution is 2.37. The van der Waals surface area contributed by atoms with Crippen molar-refractivity contribution in [3.63, 3.8) is 0 Å². The van der Waals surface area contributed by atoms with E-state index in [2.05, 4.69) is 0 Å². The Morgan fingerprint density at radius 3 is 2.89 bits per heavy atom. The fraction of sp³-hybridized carbons (Fsp3) is 0.643. The Morgan fingerprint density at radius 2 is 2.32 bits per heavy atom. The van der Waals surface area contributed by atoms with E-state index >= 15 is 0 Å². The van der Waals surface area contributed by atoms with Gasteiger partial charge in [0.15, 0.2) is 0 Å². The number of thiophene rings is 1. The van der Waals surface area contributed by atoms with Gasteiger partial charge in [-0.2, -0.15) is 0 Å². The molecular formula is C14H19NO3S. The summed E-state index contributed by atoms with van der Waals surface area (Å²) in [4.78, 5) is 15.0. The molecule has 5 heteroatoms. The van der Waals surface area contributed by atoms with Crippen LogP contribution in [0.1, 0.15) is 28.9 Å². The largest absolute Gasteiger partial charge is 0.379 e. The summed E-state index contributed by atoms with van der Waals surface area (Å²) in [5.74, 6) is 0.158. The van der Waals surface area contributed by atoms with Crippen molar-refractivity contribution in [2.45, 2.75) is 31.0 Å². The van der Waals surface area contributed by atoms with Gasteiger partial charge in [-0.05, 0) is 24.3 Å². The van der Waals surface area contributed by atoms with Gasteiger partial charge in [0.25, 0.3) is 5.91 Å². The molecule has 1 aromatic rings. The molecule has 0 aliphatic carbocycles. The second-order valence-electron chi connectivity index (χ2n) is 5.33. The van der Waals surface area contributed by atoms with Crippen LogP contribution in [0.3, 0.4) is 0 Å². The quantitative estimate of drug-likeness (QED) is 0.834. The van der Waals surface area contributed by atoms with E-state index in [1.807, 2.05) is 22.4 Å². The maximum atomic E-state index is 12.3. The van der Waals surface area contributed by atoms with Crippen molar-refractivity contribution in [1.29, 1.82) is 0 Å². The Bertz CT molecular complexity index is 438. The molecule has 1 aromatic heterocycles. The lowest BCUT2D eigenvalue weighted by molar-refractivity contribution is -0.0401. The molecule has 2 aliphatic heterocycles. The molecule has 1 atom stereocenters. The zero-order valence-electron chi connectivity index (χ0n) is 11.1. The molecule has 0 N–H and O–H groups in total.